The Labute approximate surface area is 165 Å². The fraction of sp³-hybridized carbons (Fsp3) is 0.263. The van der Waals surface area contributed by atoms with Crippen LogP contribution in [0, 0.1) is 19.7 Å². The van der Waals surface area contributed by atoms with E-state index >= 15 is 0 Å². The number of hydrogen-bond acceptors (Lipinski definition) is 2. The predicted molar refractivity (Wildman–Crippen MR) is 93.4 cm³/mol. The van der Waals surface area contributed by atoms with Crippen LogP contribution in [0.15, 0.2) is 24.3 Å². The number of carbonyl (C=O) groups excluding carboxylic acids is 2. The number of carbonyl (C=O) groups is 2. The fourth-order valence-corrected chi connectivity index (χ4v) is 2.70. The molecule has 0 radical (unpaired) electrons. The van der Waals surface area contributed by atoms with Crippen molar-refractivity contribution in [1.82, 2.24) is 10.3 Å². The monoisotopic (exact) mass is 436 g/mol. The van der Waals surface area contributed by atoms with Crippen LogP contribution in [0.2, 0.25) is 0 Å². The number of aromatic nitrogens is 1. The van der Waals surface area contributed by atoms with Gasteiger partial charge in [-0.05, 0) is 43.7 Å². The van der Waals surface area contributed by atoms with Crippen molar-refractivity contribution in [2.45, 2.75) is 26.2 Å². The molecular formula is C19H15F7N2O2. The molecule has 1 aromatic heterocycles. The topological polar surface area (TPSA) is 62.0 Å². The smallest absolute Gasteiger partial charge is 0.358 e. The van der Waals surface area contributed by atoms with Crippen LogP contribution in [-0.4, -0.2) is 29.4 Å². The molecule has 0 atom stereocenters. The molecule has 0 unspecified atom stereocenters. The fourth-order valence-electron chi connectivity index (χ4n) is 2.70. The van der Waals surface area contributed by atoms with Crippen LogP contribution in [-0.2, 0) is 6.18 Å². The summed E-state index contributed by atoms with van der Waals surface area (Å²) in [6.07, 6.45) is -7.35. The minimum Gasteiger partial charge on any atom is -0.358 e. The highest BCUT2D eigenvalue weighted by Gasteiger charge is 2.34. The lowest BCUT2D eigenvalue weighted by Crippen LogP contribution is -2.34. The van der Waals surface area contributed by atoms with E-state index in [9.17, 15) is 40.3 Å². The van der Waals surface area contributed by atoms with Crippen molar-refractivity contribution in [2.75, 3.05) is 6.54 Å². The molecule has 0 saturated carbocycles. The SMILES string of the molecule is Cc1[nH]c(/C=C/C(=O)c2ccc(C(F)(F)F)c(F)c2)c(C)c1C(=O)NCC(F)(F)F. The van der Waals surface area contributed by atoms with Crippen molar-refractivity contribution < 1.29 is 40.3 Å². The third-order valence-corrected chi connectivity index (χ3v) is 4.11. The van der Waals surface area contributed by atoms with E-state index in [1.165, 1.54) is 19.9 Å². The number of hydrogen-bond donors (Lipinski definition) is 2. The summed E-state index contributed by atoms with van der Waals surface area (Å²) >= 11 is 0. The second-order valence-corrected chi connectivity index (χ2v) is 6.35. The number of amides is 1. The van der Waals surface area contributed by atoms with Gasteiger partial charge in [-0.1, -0.05) is 6.07 Å². The van der Waals surface area contributed by atoms with Gasteiger partial charge in [0.1, 0.15) is 12.4 Å². The van der Waals surface area contributed by atoms with Crippen molar-refractivity contribution in [3.05, 3.63) is 63.7 Å². The molecule has 2 rings (SSSR count). The van der Waals surface area contributed by atoms with E-state index in [2.05, 4.69) is 4.98 Å². The maximum atomic E-state index is 13.6. The Morgan fingerprint density at radius 1 is 1.10 bits per heavy atom. The summed E-state index contributed by atoms with van der Waals surface area (Å²) in [5.41, 5.74) is -1.14. The quantitative estimate of drug-likeness (QED) is 0.395. The summed E-state index contributed by atoms with van der Waals surface area (Å²) in [5, 5.41) is 1.74. The first-order chi connectivity index (χ1) is 13.7. The van der Waals surface area contributed by atoms with E-state index in [1.807, 2.05) is 0 Å². The summed E-state index contributed by atoms with van der Waals surface area (Å²) in [6, 6.07) is 1.73. The molecule has 1 amide bonds. The van der Waals surface area contributed by atoms with Crippen molar-refractivity contribution in [3.63, 3.8) is 0 Å². The highest BCUT2D eigenvalue weighted by molar-refractivity contribution is 6.07. The molecule has 0 fully saturated rings. The van der Waals surface area contributed by atoms with Crippen LogP contribution in [0.4, 0.5) is 30.7 Å². The van der Waals surface area contributed by atoms with Crippen molar-refractivity contribution in [2.24, 2.45) is 0 Å². The number of rotatable bonds is 5. The summed E-state index contributed by atoms with van der Waals surface area (Å²) in [5.74, 6) is -3.37. The lowest BCUT2D eigenvalue weighted by Gasteiger charge is -2.08. The van der Waals surface area contributed by atoms with Crippen LogP contribution in [0.1, 0.15) is 43.2 Å². The largest absolute Gasteiger partial charge is 0.419 e. The third-order valence-electron chi connectivity index (χ3n) is 4.11. The molecule has 30 heavy (non-hydrogen) atoms. The zero-order chi connectivity index (χ0) is 22.9. The average Bonchev–Trinajstić information content (AvgIpc) is 2.89. The third kappa shape index (κ3) is 5.49. The first-order valence-electron chi connectivity index (χ1n) is 8.34. The van der Waals surface area contributed by atoms with Gasteiger partial charge in [0.05, 0.1) is 11.1 Å². The Kier molecular flexibility index (Phi) is 6.43. The van der Waals surface area contributed by atoms with Gasteiger partial charge in [-0.25, -0.2) is 4.39 Å². The van der Waals surface area contributed by atoms with Crippen molar-refractivity contribution >= 4 is 17.8 Å². The van der Waals surface area contributed by atoms with Crippen LogP contribution in [0.25, 0.3) is 6.08 Å². The molecule has 0 aliphatic heterocycles. The number of allylic oxidation sites excluding steroid dienone is 1. The van der Waals surface area contributed by atoms with Crippen LogP contribution >= 0.6 is 0 Å². The molecule has 162 valence electrons. The normalized spacial score (nSPS) is 12.4. The highest BCUT2D eigenvalue weighted by Crippen LogP contribution is 2.31. The van der Waals surface area contributed by atoms with E-state index in [0.717, 1.165) is 12.1 Å². The Bertz CT molecular complexity index is 1000. The molecule has 0 bridgehead atoms. The molecule has 1 aromatic carbocycles. The Morgan fingerprint density at radius 2 is 1.73 bits per heavy atom. The van der Waals surface area contributed by atoms with Crippen LogP contribution in [0.5, 0.6) is 0 Å². The minimum atomic E-state index is -4.90. The second-order valence-electron chi connectivity index (χ2n) is 6.35. The van der Waals surface area contributed by atoms with Gasteiger partial charge in [0.25, 0.3) is 5.91 Å². The van der Waals surface area contributed by atoms with E-state index in [-0.39, 0.29) is 28.1 Å². The van der Waals surface area contributed by atoms with Crippen LogP contribution < -0.4 is 5.32 Å². The summed E-state index contributed by atoms with van der Waals surface area (Å²) in [4.78, 5) is 26.9. The molecule has 4 nitrogen and oxygen atoms in total. The second kappa shape index (κ2) is 8.33. The molecule has 11 heteroatoms. The van der Waals surface area contributed by atoms with Gasteiger partial charge < -0.3 is 10.3 Å². The van der Waals surface area contributed by atoms with Crippen LogP contribution in [0.3, 0.4) is 0 Å². The zero-order valence-corrected chi connectivity index (χ0v) is 15.6. The van der Waals surface area contributed by atoms with Gasteiger partial charge in [0.15, 0.2) is 5.78 Å². The molecule has 2 aromatic rings. The standard InChI is InChI=1S/C19H15F7N2O2/c1-9-14(28-10(2)16(9)17(30)27-8-18(21,22)23)5-6-15(29)11-3-4-12(13(20)7-11)19(24,25)26/h3-7,28H,8H2,1-2H3,(H,27,30)/b6-5+. The van der Waals surface area contributed by atoms with E-state index in [4.69, 9.17) is 0 Å². The number of halogens is 7. The van der Waals surface area contributed by atoms with Gasteiger partial charge in [-0.2, -0.15) is 26.3 Å². The van der Waals surface area contributed by atoms with Gasteiger partial charge in [-0.15, -0.1) is 0 Å². The van der Waals surface area contributed by atoms with Crippen molar-refractivity contribution in [3.8, 4) is 0 Å². The number of alkyl halides is 6. The minimum absolute atomic E-state index is 0.0353. The summed E-state index contributed by atoms with van der Waals surface area (Å²) < 4.78 is 88.2. The number of H-pyrrole nitrogens is 1. The Balaban J connectivity index is 2.21. The molecule has 0 aliphatic rings. The van der Waals surface area contributed by atoms with E-state index < -0.39 is 42.0 Å². The number of aryl methyl sites for hydroxylation is 1. The molecule has 0 saturated heterocycles. The zero-order valence-electron chi connectivity index (χ0n) is 15.6. The van der Waals surface area contributed by atoms with Gasteiger partial charge in [-0.3, -0.25) is 9.59 Å². The molecular weight excluding hydrogens is 421 g/mol. The number of nitrogens with one attached hydrogen (secondary N) is 2. The Hall–Kier alpha value is -3.11. The number of aromatic amines is 1. The first kappa shape index (κ1) is 23.2. The number of ketones is 1. The first-order valence-corrected chi connectivity index (χ1v) is 8.34. The van der Waals surface area contributed by atoms with Gasteiger partial charge in [0, 0.05) is 17.0 Å². The van der Waals surface area contributed by atoms with Crippen molar-refractivity contribution in [1.29, 1.82) is 0 Å². The molecule has 0 spiro atoms. The maximum absolute atomic E-state index is 13.6. The predicted octanol–water partition coefficient (Wildman–Crippen LogP) is 4.98. The lowest BCUT2D eigenvalue weighted by molar-refractivity contribution is -0.140. The van der Waals surface area contributed by atoms with Gasteiger partial charge >= 0.3 is 12.4 Å². The molecule has 1 heterocycles. The molecule has 0 aliphatic carbocycles. The van der Waals surface area contributed by atoms with E-state index in [1.54, 1.807) is 5.32 Å². The summed E-state index contributed by atoms with van der Waals surface area (Å²) in [6.45, 7) is 1.37. The summed E-state index contributed by atoms with van der Waals surface area (Å²) in [7, 11) is 0. The van der Waals surface area contributed by atoms with Gasteiger partial charge in [0.2, 0.25) is 0 Å². The average molecular weight is 436 g/mol. The Morgan fingerprint density at radius 3 is 2.27 bits per heavy atom. The lowest BCUT2D eigenvalue weighted by atomic mass is 10.1. The van der Waals surface area contributed by atoms with E-state index in [0.29, 0.717) is 12.1 Å². The maximum Gasteiger partial charge on any atom is 0.419 e. The molecule has 2 N–H and O–H groups in total. The number of benzene rings is 1. The highest BCUT2D eigenvalue weighted by atomic mass is 19.4.